The quantitative estimate of drug-likeness (QED) is 0.620. The first-order valence-corrected chi connectivity index (χ1v) is 5.51. The molecule has 86 valence electrons. The number of Topliss-reactive ketones (excluding diaryl/α,β-unsaturated/α-hetero) is 1. The summed E-state index contributed by atoms with van der Waals surface area (Å²) in [5, 5.41) is 0. The zero-order chi connectivity index (χ0) is 10.4. The molecular formula is C14H24O. The van der Waals surface area contributed by atoms with E-state index in [1.165, 1.54) is 12.8 Å². The minimum Gasteiger partial charge on any atom is -0.299 e. The van der Waals surface area contributed by atoms with E-state index in [0.717, 1.165) is 12.8 Å². The van der Waals surface area contributed by atoms with Crippen LogP contribution < -0.4 is 0 Å². The van der Waals surface area contributed by atoms with Crippen molar-refractivity contribution in [2.24, 2.45) is 11.8 Å². The molecule has 0 N–H and O–H groups in total. The Labute approximate surface area is 94.3 Å². The molecule has 1 aliphatic rings. The van der Waals surface area contributed by atoms with Crippen molar-refractivity contribution >= 4 is 5.78 Å². The third kappa shape index (κ3) is 4.96. The molecule has 0 heterocycles. The molecule has 1 nitrogen and oxygen atoms in total. The first kappa shape index (κ1) is 14.2. The molecule has 1 aliphatic carbocycles. The van der Waals surface area contributed by atoms with Crippen molar-refractivity contribution in [1.29, 1.82) is 0 Å². The van der Waals surface area contributed by atoms with E-state index in [0.29, 0.717) is 24.0 Å². The second kappa shape index (κ2) is 7.44. The SMILES string of the molecule is C.C=CCC(=O)CC(C)C1CC=CCC1. The Morgan fingerprint density at radius 2 is 2.33 bits per heavy atom. The fraction of sp³-hybridized carbons (Fsp3) is 0.643. The molecule has 0 radical (unpaired) electrons. The van der Waals surface area contributed by atoms with Crippen molar-refractivity contribution < 1.29 is 4.79 Å². The van der Waals surface area contributed by atoms with E-state index >= 15 is 0 Å². The fourth-order valence-corrected chi connectivity index (χ4v) is 2.10. The lowest BCUT2D eigenvalue weighted by atomic mass is 9.81. The molecule has 0 bridgehead atoms. The molecule has 15 heavy (non-hydrogen) atoms. The van der Waals surface area contributed by atoms with Crippen molar-refractivity contribution in [3.05, 3.63) is 24.8 Å². The summed E-state index contributed by atoms with van der Waals surface area (Å²) in [6.45, 7) is 5.79. The lowest BCUT2D eigenvalue weighted by molar-refractivity contribution is -0.119. The van der Waals surface area contributed by atoms with Gasteiger partial charge in [-0.05, 0) is 31.1 Å². The average molecular weight is 208 g/mol. The van der Waals surface area contributed by atoms with Crippen LogP contribution in [0, 0.1) is 11.8 Å². The van der Waals surface area contributed by atoms with Crippen molar-refractivity contribution in [3.63, 3.8) is 0 Å². The van der Waals surface area contributed by atoms with Crippen LogP contribution in [-0.2, 0) is 4.79 Å². The van der Waals surface area contributed by atoms with Crippen LogP contribution in [-0.4, -0.2) is 5.78 Å². The van der Waals surface area contributed by atoms with Crippen LogP contribution in [0.5, 0.6) is 0 Å². The van der Waals surface area contributed by atoms with Crippen molar-refractivity contribution in [2.75, 3.05) is 0 Å². The Balaban J connectivity index is 0.00000196. The lowest BCUT2D eigenvalue weighted by Gasteiger charge is -2.24. The number of allylic oxidation sites excluding steroid dienone is 3. The molecule has 2 atom stereocenters. The van der Waals surface area contributed by atoms with Gasteiger partial charge >= 0.3 is 0 Å². The largest absolute Gasteiger partial charge is 0.299 e. The molecule has 0 aromatic heterocycles. The number of carbonyl (C=O) groups is 1. The summed E-state index contributed by atoms with van der Waals surface area (Å²) in [6.07, 6.45) is 11.1. The minimum atomic E-state index is 0. The average Bonchev–Trinajstić information content (AvgIpc) is 2.19. The summed E-state index contributed by atoms with van der Waals surface area (Å²) >= 11 is 0. The predicted octanol–water partition coefficient (Wildman–Crippen LogP) is 4.15. The van der Waals surface area contributed by atoms with Crippen LogP contribution in [0.3, 0.4) is 0 Å². The van der Waals surface area contributed by atoms with Gasteiger partial charge in [0.2, 0.25) is 0 Å². The molecule has 1 heteroatoms. The summed E-state index contributed by atoms with van der Waals surface area (Å²) in [5.41, 5.74) is 0. The van der Waals surface area contributed by atoms with Gasteiger partial charge in [0.1, 0.15) is 5.78 Å². The van der Waals surface area contributed by atoms with Crippen molar-refractivity contribution in [1.82, 2.24) is 0 Å². The third-order valence-corrected chi connectivity index (χ3v) is 3.04. The second-order valence-corrected chi connectivity index (χ2v) is 4.26. The normalized spacial score (nSPS) is 21.5. The molecule has 0 fully saturated rings. The molecule has 0 aliphatic heterocycles. The van der Waals surface area contributed by atoms with Gasteiger partial charge < -0.3 is 0 Å². The topological polar surface area (TPSA) is 17.1 Å². The highest BCUT2D eigenvalue weighted by Crippen LogP contribution is 2.28. The molecule has 0 aromatic rings. The van der Waals surface area contributed by atoms with Crippen LogP contribution in [0.2, 0.25) is 0 Å². The summed E-state index contributed by atoms with van der Waals surface area (Å²) < 4.78 is 0. The number of ketones is 1. The highest BCUT2D eigenvalue weighted by molar-refractivity contribution is 5.79. The standard InChI is InChI=1S/C13H20O.CH4/c1-3-7-13(14)10-11(2)12-8-5-4-6-9-12;/h3-5,11-12H,1,6-10H2,2H3;1H4. The monoisotopic (exact) mass is 208 g/mol. The summed E-state index contributed by atoms with van der Waals surface area (Å²) in [6, 6.07) is 0. The smallest absolute Gasteiger partial charge is 0.136 e. The molecule has 0 amide bonds. The molecule has 2 unspecified atom stereocenters. The van der Waals surface area contributed by atoms with Crippen molar-refractivity contribution in [2.45, 2.75) is 46.5 Å². The van der Waals surface area contributed by atoms with E-state index < -0.39 is 0 Å². The first-order chi connectivity index (χ1) is 6.74. The maximum absolute atomic E-state index is 11.4. The number of rotatable bonds is 5. The Morgan fingerprint density at radius 1 is 1.60 bits per heavy atom. The predicted molar refractivity (Wildman–Crippen MR) is 66.8 cm³/mol. The van der Waals surface area contributed by atoms with Crippen molar-refractivity contribution in [3.8, 4) is 0 Å². The Morgan fingerprint density at radius 3 is 2.87 bits per heavy atom. The molecule has 0 saturated heterocycles. The van der Waals surface area contributed by atoms with Gasteiger partial charge in [-0.3, -0.25) is 4.79 Å². The zero-order valence-corrected chi connectivity index (χ0v) is 9.04. The fourth-order valence-electron chi connectivity index (χ4n) is 2.10. The van der Waals surface area contributed by atoms with Gasteiger partial charge in [-0.25, -0.2) is 0 Å². The van der Waals surface area contributed by atoms with Gasteiger partial charge in [0.05, 0.1) is 0 Å². The molecular weight excluding hydrogens is 184 g/mol. The first-order valence-electron chi connectivity index (χ1n) is 5.51. The van der Waals surface area contributed by atoms with E-state index in [1.807, 2.05) is 0 Å². The van der Waals surface area contributed by atoms with Gasteiger partial charge in [0.15, 0.2) is 0 Å². The molecule has 0 spiro atoms. The summed E-state index contributed by atoms with van der Waals surface area (Å²) in [4.78, 5) is 11.4. The van der Waals surface area contributed by atoms with Crippen LogP contribution in [0.1, 0.15) is 46.5 Å². The van der Waals surface area contributed by atoms with E-state index in [1.54, 1.807) is 6.08 Å². The second-order valence-electron chi connectivity index (χ2n) is 4.26. The highest BCUT2D eigenvalue weighted by atomic mass is 16.1. The van der Waals surface area contributed by atoms with Crippen LogP contribution in [0.25, 0.3) is 0 Å². The van der Waals surface area contributed by atoms with Gasteiger partial charge in [-0.15, -0.1) is 6.58 Å². The maximum atomic E-state index is 11.4. The minimum absolute atomic E-state index is 0. The van der Waals surface area contributed by atoms with E-state index in [4.69, 9.17) is 0 Å². The van der Waals surface area contributed by atoms with Crippen LogP contribution in [0.15, 0.2) is 24.8 Å². The number of hydrogen-bond acceptors (Lipinski definition) is 1. The number of carbonyl (C=O) groups excluding carboxylic acids is 1. The highest BCUT2D eigenvalue weighted by Gasteiger charge is 2.19. The maximum Gasteiger partial charge on any atom is 0.136 e. The van der Waals surface area contributed by atoms with Gasteiger partial charge in [0, 0.05) is 12.8 Å². The van der Waals surface area contributed by atoms with E-state index in [-0.39, 0.29) is 7.43 Å². The van der Waals surface area contributed by atoms with Crippen LogP contribution in [0.4, 0.5) is 0 Å². The summed E-state index contributed by atoms with van der Waals surface area (Å²) in [5.74, 6) is 1.59. The molecule has 1 rings (SSSR count). The van der Waals surface area contributed by atoms with Gasteiger partial charge in [-0.1, -0.05) is 32.6 Å². The summed E-state index contributed by atoms with van der Waals surface area (Å²) in [7, 11) is 0. The van der Waals surface area contributed by atoms with E-state index in [2.05, 4.69) is 25.7 Å². The molecule has 0 aromatic carbocycles. The van der Waals surface area contributed by atoms with Gasteiger partial charge in [0.25, 0.3) is 0 Å². The Bertz CT molecular complexity index is 227. The third-order valence-electron chi connectivity index (χ3n) is 3.04. The van der Waals surface area contributed by atoms with E-state index in [9.17, 15) is 4.79 Å². The number of hydrogen-bond donors (Lipinski definition) is 0. The lowest BCUT2D eigenvalue weighted by Crippen LogP contribution is -2.16. The molecule has 0 saturated carbocycles. The van der Waals surface area contributed by atoms with Gasteiger partial charge in [-0.2, -0.15) is 0 Å². The zero-order valence-electron chi connectivity index (χ0n) is 9.04. The Kier molecular flexibility index (Phi) is 7.02. The Hall–Kier alpha value is -0.850. The van der Waals surface area contributed by atoms with Crippen LogP contribution >= 0.6 is 0 Å².